The molecule has 8 heteroatoms. The van der Waals surface area contributed by atoms with Crippen LogP contribution < -0.4 is 10.1 Å². The van der Waals surface area contributed by atoms with Gasteiger partial charge in [0.25, 0.3) is 0 Å². The number of guanidine groups is 1. The predicted octanol–water partition coefficient (Wildman–Crippen LogP) is 4.57. The Morgan fingerprint density at radius 1 is 1.27 bits per heavy atom. The van der Waals surface area contributed by atoms with Crippen LogP contribution >= 0.6 is 24.0 Å². The lowest BCUT2D eigenvalue weighted by molar-refractivity contribution is 0.440. The van der Waals surface area contributed by atoms with Crippen molar-refractivity contribution in [2.24, 2.45) is 12.0 Å². The van der Waals surface area contributed by atoms with Gasteiger partial charge in [-0.25, -0.2) is 9.38 Å². The van der Waals surface area contributed by atoms with E-state index in [0.717, 1.165) is 24.6 Å². The molecule has 0 saturated carbocycles. The third-order valence-corrected chi connectivity index (χ3v) is 4.42. The average molecular weight is 523 g/mol. The van der Waals surface area contributed by atoms with Gasteiger partial charge in [-0.15, -0.1) is 24.0 Å². The molecule has 30 heavy (non-hydrogen) atoms. The first kappa shape index (κ1) is 23.7. The molecule has 0 aliphatic carbocycles. The van der Waals surface area contributed by atoms with Crippen molar-refractivity contribution in [2.45, 2.75) is 20.0 Å². The number of hydrogen-bond donors (Lipinski definition) is 1. The molecule has 0 bridgehead atoms. The van der Waals surface area contributed by atoms with Crippen LogP contribution in [0, 0.1) is 5.82 Å². The van der Waals surface area contributed by atoms with E-state index in [4.69, 9.17) is 4.74 Å². The van der Waals surface area contributed by atoms with Crippen LogP contribution in [0.5, 0.6) is 11.5 Å². The SMILES string of the molecule is CCNC(=NCc1ccc(Oc2cccnc2)c(F)c1)N(C)Cc1cccn1C.I. The number of nitrogens with one attached hydrogen (secondary N) is 1. The van der Waals surface area contributed by atoms with Gasteiger partial charge in [0.1, 0.15) is 5.75 Å². The van der Waals surface area contributed by atoms with Crippen molar-refractivity contribution in [3.05, 3.63) is 78.1 Å². The van der Waals surface area contributed by atoms with E-state index >= 15 is 0 Å². The summed E-state index contributed by atoms with van der Waals surface area (Å²) in [5, 5.41) is 3.28. The summed E-state index contributed by atoms with van der Waals surface area (Å²) in [6.07, 6.45) is 5.20. The molecule has 0 atom stereocenters. The molecular formula is C22H27FIN5O. The van der Waals surface area contributed by atoms with Crippen LogP contribution in [0.1, 0.15) is 18.2 Å². The summed E-state index contributed by atoms with van der Waals surface area (Å²) < 4.78 is 22.1. The Balaban J connectivity index is 0.00000320. The van der Waals surface area contributed by atoms with Crippen molar-refractivity contribution >= 4 is 29.9 Å². The molecule has 6 nitrogen and oxygen atoms in total. The Bertz CT molecular complexity index is 961. The number of nitrogens with zero attached hydrogens (tertiary/aromatic N) is 4. The van der Waals surface area contributed by atoms with E-state index in [2.05, 4.69) is 30.8 Å². The van der Waals surface area contributed by atoms with Crippen LogP contribution in [0.3, 0.4) is 0 Å². The van der Waals surface area contributed by atoms with Crippen molar-refractivity contribution < 1.29 is 9.13 Å². The number of aliphatic imine (C=N–C) groups is 1. The summed E-state index contributed by atoms with van der Waals surface area (Å²) in [7, 11) is 4.01. The Morgan fingerprint density at radius 3 is 2.73 bits per heavy atom. The van der Waals surface area contributed by atoms with Crippen LogP contribution in [0.15, 0.2) is 66.0 Å². The Kier molecular flexibility index (Phi) is 9.10. The van der Waals surface area contributed by atoms with E-state index < -0.39 is 5.82 Å². The second-order valence-electron chi connectivity index (χ2n) is 6.69. The Labute approximate surface area is 193 Å². The van der Waals surface area contributed by atoms with Crippen molar-refractivity contribution in [1.82, 2.24) is 19.8 Å². The van der Waals surface area contributed by atoms with Crippen LogP contribution in [0.2, 0.25) is 0 Å². The van der Waals surface area contributed by atoms with Gasteiger partial charge in [0.15, 0.2) is 17.5 Å². The first-order valence-electron chi connectivity index (χ1n) is 9.52. The summed E-state index contributed by atoms with van der Waals surface area (Å²) in [6, 6.07) is 12.5. The molecule has 0 radical (unpaired) electrons. The molecule has 3 rings (SSSR count). The van der Waals surface area contributed by atoms with Crippen LogP contribution in [-0.2, 0) is 20.1 Å². The molecule has 1 N–H and O–H groups in total. The fourth-order valence-corrected chi connectivity index (χ4v) is 2.87. The smallest absolute Gasteiger partial charge is 0.194 e. The van der Waals surface area contributed by atoms with Gasteiger partial charge in [0.2, 0.25) is 0 Å². The monoisotopic (exact) mass is 523 g/mol. The largest absolute Gasteiger partial charge is 0.453 e. The molecule has 3 aromatic rings. The van der Waals surface area contributed by atoms with E-state index in [9.17, 15) is 4.39 Å². The number of aromatic nitrogens is 2. The highest BCUT2D eigenvalue weighted by atomic mass is 127. The highest BCUT2D eigenvalue weighted by Gasteiger charge is 2.10. The molecule has 1 aromatic carbocycles. The van der Waals surface area contributed by atoms with Crippen molar-refractivity contribution in [3.63, 3.8) is 0 Å². The van der Waals surface area contributed by atoms with E-state index in [1.54, 1.807) is 30.6 Å². The maximum absolute atomic E-state index is 14.4. The minimum absolute atomic E-state index is 0. The zero-order valence-electron chi connectivity index (χ0n) is 17.4. The minimum atomic E-state index is -0.427. The van der Waals surface area contributed by atoms with Crippen LogP contribution in [-0.4, -0.2) is 34.0 Å². The molecule has 0 amide bonds. The van der Waals surface area contributed by atoms with Crippen molar-refractivity contribution in [2.75, 3.05) is 13.6 Å². The van der Waals surface area contributed by atoms with Crippen molar-refractivity contribution in [3.8, 4) is 11.5 Å². The van der Waals surface area contributed by atoms with Crippen LogP contribution in [0.4, 0.5) is 4.39 Å². The first-order chi connectivity index (χ1) is 14.1. The maximum atomic E-state index is 14.4. The molecule has 0 aliphatic heterocycles. The lowest BCUT2D eigenvalue weighted by atomic mass is 10.2. The fourth-order valence-electron chi connectivity index (χ4n) is 2.87. The highest BCUT2D eigenvalue weighted by Crippen LogP contribution is 2.24. The molecular weight excluding hydrogens is 496 g/mol. The van der Waals surface area contributed by atoms with Crippen LogP contribution in [0.25, 0.3) is 0 Å². The zero-order chi connectivity index (χ0) is 20.6. The van der Waals surface area contributed by atoms with Gasteiger partial charge in [-0.3, -0.25) is 4.98 Å². The summed E-state index contributed by atoms with van der Waals surface area (Å²) >= 11 is 0. The number of aryl methyl sites for hydroxylation is 1. The number of hydrogen-bond acceptors (Lipinski definition) is 3. The third kappa shape index (κ3) is 6.45. The number of pyridine rings is 1. The highest BCUT2D eigenvalue weighted by molar-refractivity contribution is 14.0. The molecule has 0 aliphatic rings. The van der Waals surface area contributed by atoms with Gasteiger partial charge in [-0.2, -0.15) is 0 Å². The van der Waals surface area contributed by atoms with Gasteiger partial charge in [-0.05, 0) is 48.9 Å². The third-order valence-electron chi connectivity index (χ3n) is 4.42. The van der Waals surface area contributed by atoms with E-state index in [0.29, 0.717) is 12.3 Å². The quantitative estimate of drug-likeness (QED) is 0.280. The van der Waals surface area contributed by atoms with Gasteiger partial charge in [-0.1, -0.05) is 6.07 Å². The molecule has 0 unspecified atom stereocenters. The number of halogens is 2. The van der Waals surface area contributed by atoms with Gasteiger partial charge in [0.05, 0.1) is 19.3 Å². The second-order valence-corrected chi connectivity index (χ2v) is 6.69. The zero-order valence-corrected chi connectivity index (χ0v) is 19.7. The average Bonchev–Trinajstić information content (AvgIpc) is 3.12. The Hall–Kier alpha value is -2.62. The lowest BCUT2D eigenvalue weighted by Gasteiger charge is -2.22. The fraction of sp³-hybridized carbons (Fsp3) is 0.273. The van der Waals surface area contributed by atoms with Gasteiger partial charge >= 0.3 is 0 Å². The molecule has 0 saturated heterocycles. The second kappa shape index (κ2) is 11.5. The van der Waals surface area contributed by atoms with E-state index in [1.165, 1.54) is 11.8 Å². The summed E-state index contributed by atoms with van der Waals surface area (Å²) in [5.74, 6) is 1.00. The first-order valence-corrected chi connectivity index (χ1v) is 9.52. The predicted molar refractivity (Wildman–Crippen MR) is 128 cm³/mol. The molecule has 160 valence electrons. The van der Waals surface area contributed by atoms with Gasteiger partial charge < -0.3 is 19.5 Å². The standard InChI is InChI=1S/C22H26FN5O.HI/c1-4-25-22(28(3)16-18-7-6-12-27(18)2)26-14-17-9-10-21(20(23)13-17)29-19-8-5-11-24-15-19;/h5-13,15H,4,14,16H2,1-3H3,(H,25,26);1H. The minimum Gasteiger partial charge on any atom is -0.453 e. The number of ether oxygens (including phenoxy) is 1. The maximum Gasteiger partial charge on any atom is 0.194 e. The number of rotatable bonds is 7. The van der Waals surface area contributed by atoms with Crippen molar-refractivity contribution in [1.29, 1.82) is 0 Å². The summed E-state index contributed by atoms with van der Waals surface area (Å²) in [6.45, 7) is 3.87. The summed E-state index contributed by atoms with van der Waals surface area (Å²) in [4.78, 5) is 10.7. The lowest BCUT2D eigenvalue weighted by Crippen LogP contribution is -2.38. The normalized spacial score (nSPS) is 11.0. The van der Waals surface area contributed by atoms with E-state index in [-0.39, 0.29) is 29.7 Å². The topological polar surface area (TPSA) is 54.7 Å². The molecule has 2 heterocycles. The molecule has 0 spiro atoms. The number of benzene rings is 1. The van der Waals surface area contributed by atoms with E-state index in [1.807, 2.05) is 39.3 Å². The molecule has 2 aromatic heterocycles. The molecule has 0 fully saturated rings. The Morgan fingerprint density at radius 2 is 2.10 bits per heavy atom. The summed E-state index contributed by atoms with van der Waals surface area (Å²) in [5.41, 5.74) is 1.95. The van der Waals surface area contributed by atoms with Gasteiger partial charge in [0, 0.05) is 38.7 Å².